The molecule has 4 nitrogen and oxygen atoms in total. The number of carbonyl (C=O) groups excluding carboxylic acids is 1. The number of rotatable bonds is 5. The van der Waals surface area contributed by atoms with Crippen LogP contribution in [0, 0.1) is 0 Å². The summed E-state index contributed by atoms with van der Waals surface area (Å²) in [6.07, 6.45) is 1.80. The minimum absolute atomic E-state index is 0.101. The van der Waals surface area contributed by atoms with Crippen molar-refractivity contribution < 1.29 is 9.21 Å². The van der Waals surface area contributed by atoms with Crippen LogP contribution in [0.2, 0.25) is 10.0 Å². The van der Waals surface area contributed by atoms with Gasteiger partial charge in [0.15, 0.2) is 0 Å². The third-order valence-electron chi connectivity index (χ3n) is 3.12. The summed E-state index contributed by atoms with van der Waals surface area (Å²) in [5, 5.41) is 6.42. The molecule has 3 rings (SSSR count). The first kappa shape index (κ1) is 16.1. The number of carbonyl (C=O) groups is 1. The van der Waals surface area contributed by atoms with Crippen molar-refractivity contribution in [1.82, 2.24) is 10.3 Å². The average molecular weight is 367 g/mol. The number of benzene rings is 1. The molecular weight excluding hydrogens is 355 g/mol. The van der Waals surface area contributed by atoms with Gasteiger partial charge in [-0.3, -0.25) is 4.79 Å². The normalized spacial score (nSPS) is 10.7. The van der Waals surface area contributed by atoms with E-state index in [0.29, 0.717) is 22.4 Å². The third-order valence-corrected chi connectivity index (χ3v) is 4.71. The van der Waals surface area contributed by atoms with Gasteiger partial charge in [0, 0.05) is 10.9 Å². The fourth-order valence-corrected chi connectivity index (χ4v) is 3.08. The van der Waals surface area contributed by atoms with Crippen molar-refractivity contribution >= 4 is 40.4 Å². The number of nitrogens with one attached hydrogen (secondary N) is 1. The van der Waals surface area contributed by atoms with Crippen LogP contribution in [0.4, 0.5) is 0 Å². The first-order valence-electron chi connectivity index (χ1n) is 6.81. The van der Waals surface area contributed by atoms with E-state index in [2.05, 4.69) is 10.3 Å². The highest BCUT2D eigenvalue weighted by molar-refractivity contribution is 7.10. The number of hydrogen-bond donors (Lipinski definition) is 1. The predicted octanol–water partition coefficient (Wildman–Crippen LogP) is 4.57. The van der Waals surface area contributed by atoms with Gasteiger partial charge in [0.25, 0.3) is 0 Å². The van der Waals surface area contributed by atoms with Crippen LogP contribution in [-0.4, -0.2) is 10.9 Å². The molecule has 2 heterocycles. The molecule has 0 radical (unpaired) electrons. The van der Waals surface area contributed by atoms with E-state index in [1.54, 1.807) is 24.5 Å². The molecule has 0 atom stereocenters. The summed E-state index contributed by atoms with van der Waals surface area (Å²) in [5.41, 5.74) is 1.65. The Hall–Kier alpha value is -1.82. The van der Waals surface area contributed by atoms with Crippen molar-refractivity contribution in [1.29, 1.82) is 0 Å². The summed E-state index contributed by atoms with van der Waals surface area (Å²) in [4.78, 5) is 16.4. The van der Waals surface area contributed by atoms with Gasteiger partial charge in [0.2, 0.25) is 5.91 Å². The molecule has 0 saturated heterocycles. The molecule has 118 valence electrons. The minimum atomic E-state index is -0.101. The van der Waals surface area contributed by atoms with Gasteiger partial charge in [-0.25, -0.2) is 4.98 Å². The van der Waals surface area contributed by atoms with Gasteiger partial charge in [0.05, 0.1) is 35.0 Å². The van der Waals surface area contributed by atoms with Gasteiger partial charge in [-0.05, 0) is 24.3 Å². The predicted molar refractivity (Wildman–Crippen MR) is 91.8 cm³/mol. The molecule has 1 aromatic carbocycles. The van der Waals surface area contributed by atoms with Crippen molar-refractivity contribution in [3.05, 3.63) is 62.8 Å². The van der Waals surface area contributed by atoms with Gasteiger partial charge in [-0.2, -0.15) is 0 Å². The first-order valence-corrected chi connectivity index (χ1v) is 8.44. The molecule has 0 spiro atoms. The van der Waals surface area contributed by atoms with Crippen LogP contribution in [0.3, 0.4) is 0 Å². The van der Waals surface area contributed by atoms with Crippen molar-refractivity contribution in [3.8, 4) is 11.3 Å². The number of amides is 1. The Morgan fingerprint density at radius 1 is 1.26 bits per heavy atom. The van der Waals surface area contributed by atoms with Crippen molar-refractivity contribution in [3.63, 3.8) is 0 Å². The lowest BCUT2D eigenvalue weighted by atomic mass is 10.2. The number of aromatic nitrogens is 1. The fraction of sp³-hybridized carbons (Fsp3) is 0.125. The Morgan fingerprint density at radius 2 is 2.13 bits per heavy atom. The van der Waals surface area contributed by atoms with E-state index in [-0.39, 0.29) is 12.3 Å². The molecule has 0 aliphatic rings. The lowest BCUT2D eigenvalue weighted by Crippen LogP contribution is -2.24. The highest BCUT2D eigenvalue weighted by Gasteiger charge is 2.10. The largest absolute Gasteiger partial charge is 0.467 e. The van der Waals surface area contributed by atoms with Crippen LogP contribution in [0.5, 0.6) is 0 Å². The highest BCUT2D eigenvalue weighted by Crippen LogP contribution is 2.29. The molecule has 23 heavy (non-hydrogen) atoms. The van der Waals surface area contributed by atoms with E-state index < -0.39 is 0 Å². The van der Waals surface area contributed by atoms with E-state index >= 15 is 0 Å². The Kier molecular flexibility index (Phi) is 5.00. The number of nitrogens with zero attached hydrogens (tertiary/aromatic N) is 1. The zero-order chi connectivity index (χ0) is 16.2. The molecule has 2 aromatic heterocycles. The van der Waals surface area contributed by atoms with Crippen molar-refractivity contribution in [2.45, 2.75) is 13.0 Å². The highest BCUT2D eigenvalue weighted by atomic mass is 35.5. The van der Waals surface area contributed by atoms with E-state index in [0.717, 1.165) is 16.3 Å². The van der Waals surface area contributed by atoms with Crippen LogP contribution < -0.4 is 5.32 Å². The molecule has 3 aromatic rings. The van der Waals surface area contributed by atoms with Gasteiger partial charge in [-0.1, -0.05) is 29.3 Å². The van der Waals surface area contributed by atoms with Crippen LogP contribution in [0.25, 0.3) is 11.3 Å². The zero-order valence-electron chi connectivity index (χ0n) is 11.9. The number of hydrogen-bond acceptors (Lipinski definition) is 4. The average Bonchev–Trinajstić information content (AvgIpc) is 3.19. The first-order chi connectivity index (χ1) is 11.1. The van der Waals surface area contributed by atoms with E-state index in [4.69, 9.17) is 27.6 Å². The van der Waals surface area contributed by atoms with Crippen LogP contribution in [0.15, 0.2) is 46.4 Å². The molecule has 0 bridgehead atoms. The Morgan fingerprint density at radius 3 is 2.87 bits per heavy atom. The van der Waals surface area contributed by atoms with Crippen LogP contribution in [0.1, 0.15) is 10.8 Å². The van der Waals surface area contributed by atoms with E-state index in [1.807, 2.05) is 17.5 Å². The maximum Gasteiger partial charge on any atom is 0.227 e. The number of furan rings is 1. The second kappa shape index (κ2) is 7.17. The Balaban J connectivity index is 1.62. The molecule has 0 unspecified atom stereocenters. The Labute approximate surface area is 147 Å². The SMILES string of the molecule is O=C(Cc1nc(-c2ccc(Cl)c(Cl)c2)cs1)NCc1ccco1. The summed E-state index contributed by atoms with van der Waals surface area (Å²) in [6.45, 7) is 0.372. The van der Waals surface area contributed by atoms with E-state index in [1.165, 1.54) is 11.3 Å². The lowest BCUT2D eigenvalue weighted by molar-refractivity contribution is -0.120. The zero-order valence-corrected chi connectivity index (χ0v) is 14.2. The van der Waals surface area contributed by atoms with Crippen molar-refractivity contribution in [2.75, 3.05) is 0 Å². The molecule has 1 N–H and O–H groups in total. The van der Waals surface area contributed by atoms with Crippen LogP contribution >= 0.6 is 34.5 Å². The smallest absolute Gasteiger partial charge is 0.227 e. The molecule has 7 heteroatoms. The topological polar surface area (TPSA) is 55.1 Å². The summed E-state index contributed by atoms with van der Waals surface area (Å²) < 4.78 is 5.17. The Bertz CT molecular complexity index is 815. The minimum Gasteiger partial charge on any atom is -0.467 e. The quantitative estimate of drug-likeness (QED) is 0.719. The fourth-order valence-electron chi connectivity index (χ4n) is 1.98. The maximum absolute atomic E-state index is 11.9. The second-order valence-corrected chi connectivity index (χ2v) is 6.55. The van der Waals surface area contributed by atoms with Gasteiger partial charge in [-0.15, -0.1) is 11.3 Å². The van der Waals surface area contributed by atoms with Crippen LogP contribution in [-0.2, 0) is 17.8 Å². The molecule has 1 amide bonds. The summed E-state index contributed by atoms with van der Waals surface area (Å²) in [5.74, 6) is 0.616. The molecule has 0 aliphatic heterocycles. The number of halogens is 2. The van der Waals surface area contributed by atoms with Gasteiger partial charge < -0.3 is 9.73 Å². The molecule has 0 saturated carbocycles. The molecular formula is C16H12Cl2N2O2S. The second-order valence-electron chi connectivity index (χ2n) is 4.79. The summed E-state index contributed by atoms with van der Waals surface area (Å²) >= 11 is 13.4. The van der Waals surface area contributed by atoms with E-state index in [9.17, 15) is 4.79 Å². The number of thiazole rings is 1. The van der Waals surface area contributed by atoms with Crippen molar-refractivity contribution in [2.24, 2.45) is 0 Å². The summed E-state index contributed by atoms with van der Waals surface area (Å²) in [6, 6.07) is 8.94. The monoisotopic (exact) mass is 366 g/mol. The molecule has 0 aliphatic carbocycles. The van der Waals surface area contributed by atoms with Gasteiger partial charge >= 0.3 is 0 Å². The van der Waals surface area contributed by atoms with Gasteiger partial charge in [0.1, 0.15) is 10.8 Å². The maximum atomic E-state index is 11.9. The summed E-state index contributed by atoms with van der Waals surface area (Å²) in [7, 11) is 0. The standard InChI is InChI=1S/C16H12Cl2N2O2S/c17-12-4-3-10(6-13(12)18)14-9-23-16(20-14)7-15(21)19-8-11-2-1-5-22-11/h1-6,9H,7-8H2,(H,19,21). The third kappa shape index (κ3) is 4.13. The molecule has 0 fully saturated rings. The lowest BCUT2D eigenvalue weighted by Gasteiger charge is -2.01.